The summed E-state index contributed by atoms with van der Waals surface area (Å²) in [6.45, 7) is 2.86. The van der Waals surface area contributed by atoms with E-state index in [-0.39, 0.29) is 0 Å². The van der Waals surface area contributed by atoms with E-state index in [1.807, 2.05) is 19.2 Å². The van der Waals surface area contributed by atoms with Crippen molar-refractivity contribution in [3.63, 3.8) is 0 Å². The van der Waals surface area contributed by atoms with Crippen molar-refractivity contribution < 1.29 is 14.2 Å². The Morgan fingerprint density at radius 1 is 0.833 bits per heavy atom. The molecule has 1 aliphatic carbocycles. The van der Waals surface area contributed by atoms with Crippen LogP contribution >= 0.6 is 0 Å². The Bertz CT molecular complexity index is 1920. The fourth-order valence-corrected chi connectivity index (χ4v) is 7.18. The molecule has 2 aliphatic heterocycles. The maximum Gasteiger partial charge on any atom is 0.178 e. The van der Waals surface area contributed by atoms with E-state index >= 15 is 0 Å². The van der Waals surface area contributed by atoms with Crippen molar-refractivity contribution in [2.75, 3.05) is 26.1 Å². The van der Waals surface area contributed by atoms with E-state index in [0.717, 1.165) is 65.3 Å². The van der Waals surface area contributed by atoms with E-state index in [0.29, 0.717) is 0 Å². The van der Waals surface area contributed by atoms with Crippen LogP contribution in [0.1, 0.15) is 38.9 Å². The highest BCUT2D eigenvalue weighted by Gasteiger charge is 2.40. The highest BCUT2D eigenvalue weighted by Crippen LogP contribution is 2.53. The highest BCUT2D eigenvalue weighted by molar-refractivity contribution is 6.07. The van der Waals surface area contributed by atoms with E-state index in [2.05, 4.69) is 91.1 Å². The normalized spacial score (nSPS) is 17.9. The van der Waals surface area contributed by atoms with Crippen LogP contribution in [0.3, 0.4) is 0 Å². The molecule has 1 atom stereocenters. The molecule has 0 radical (unpaired) electrons. The van der Waals surface area contributed by atoms with Gasteiger partial charge in [0.1, 0.15) is 17.2 Å². The zero-order chi connectivity index (χ0) is 28.4. The molecule has 0 bridgehead atoms. The first-order valence-corrected chi connectivity index (χ1v) is 14.8. The van der Waals surface area contributed by atoms with E-state index < -0.39 is 5.60 Å². The first-order valence-electron chi connectivity index (χ1n) is 14.8. The topological polar surface area (TPSA) is 39.7 Å². The van der Waals surface area contributed by atoms with Crippen molar-refractivity contribution >= 4 is 22.5 Å². The number of hydrogen-bond acceptors (Lipinski definition) is 4. The van der Waals surface area contributed by atoms with Crippen LogP contribution in [-0.2, 0) is 24.9 Å². The summed E-state index contributed by atoms with van der Waals surface area (Å²) in [5.74, 6) is 2.72. The molecule has 0 saturated heterocycles. The number of nitrogens with one attached hydrogen (secondary N) is 1. The molecule has 42 heavy (non-hydrogen) atoms. The summed E-state index contributed by atoms with van der Waals surface area (Å²) in [5, 5.41) is 5.66. The number of aryl methyl sites for hydroxylation is 2. The minimum absolute atomic E-state index is 0.722. The number of anilines is 1. The van der Waals surface area contributed by atoms with Gasteiger partial charge in [0, 0.05) is 41.2 Å². The first kappa shape index (κ1) is 25.0. The molecule has 0 saturated carbocycles. The van der Waals surface area contributed by atoms with Crippen LogP contribution in [0.25, 0.3) is 28.0 Å². The van der Waals surface area contributed by atoms with Crippen LogP contribution in [0.2, 0.25) is 0 Å². The zero-order valence-electron chi connectivity index (χ0n) is 24.2. The second-order valence-electron chi connectivity index (χ2n) is 11.5. The Balaban J connectivity index is 1.42. The van der Waals surface area contributed by atoms with Gasteiger partial charge in [-0.25, -0.2) is 0 Å². The third kappa shape index (κ3) is 3.61. The average molecular weight is 552 g/mol. The largest absolute Gasteiger partial charge is 0.497 e. The van der Waals surface area contributed by atoms with Gasteiger partial charge in [-0.1, -0.05) is 48.5 Å². The molecule has 0 amide bonds. The summed E-state index contributed by atoms with van der Waals surface area (Å²) in [6.07, 6.45) is 7.51. The predicted octanol–water partition coefficient (Wildman–Crippen LogP) is 8.25. The fraction of sp³-hybridized carbons (Fsp3) is 0.211. The number of rotatable bonds is 4. The van der Waals surface area contributed by atoms with Gasteiger partial charge in [0.15, 0.2) is 5.60 Å². The maximum atomic E-state index is 7.42. The van der Waals surface area contributed by atoms with Gasteiger partial charge < -0.3 is 19.5 Å². The van der Waals surface area contributed by atoms with Gasteiger partial charge in [0.25, 0.3) is 0 Å². The molecule has 4 nitrogen and oxygen atoms in total. The van der Waals surface area contributed by atoms with Crippen LogP contribution in [0.5, 0.6) is 17.2 Å². The summed E-state index contributed by atoms with van der Waals surface area (Å²) < 4.78 is 19.0. The molecule has 0 spiro atoms. The second-order valence-corrected chi connectivity index (χ2v) is 11.5. The summed E-state index contributed by atoms with van der Waals surface area (Å²) in [4.78, 5) is 0. The Morgan fingerprint density at radius 2 is 1.67 bits per heavy atom. The number of fused-ring (bicyclic) bond motifs is 9. The molecule has 3 aliphatic rings. The third-order valence-electron chi connectivity index (χ3n) is 9.34. The van der Waals surface area contributed by atoms with Crippen LogP contribution in [0, 0.1) is 6.92 Å². The molecule has 208 valence electrons. The molecular formula is C38H33NO3. The van der Waals surface area contributed by atoms with Crippen LogP contribution < -0.4 is 19.5 Å². The molecule has 0 aromatic heterocycles. The van der Waals surface area contributed by atoms with E-state index in [1.54, 1.807) is 7.11 Å². The number of ether oxygens (including phenoxy) is 3. The Hall–Kier alpha value is -4.70. The lowest BCUT2D eigenvalue weighted by atomic mass is 9.77. The van der Waals surface area contributed by atoms with Crippen molar-refractivity contribution in [3.05, 3.63) is 124 Å². The van der Waals surface area contributed by atoms with Gasteiger partial charge in [0.2, 0.25) is 0 Å². The lowest BCUT2D eigenvalue weighted by molar-refractivity contribution is 0.163. The van der Waals surface area contributed by atoms with Crippen molar-refractivity contribution in [1.29, 1.82) is 0 Å². The molecular weight excluding hydrogens is 518 g/mol. The summed E-state index contributed by atoms with van der Waals surface area (Å²) in [6, 6.07) is 28.3. The van der Waals surface area contributed by atoms with Gasteiger partial charge in [-0.15, -0.1) is 0 Å². The Labute approximate surface area is 246 Å². The van der Waals surface area contributed by atoms with E-state index in [9.17, 15) is 0 Å². The quantitative estimate of drug-likeness (QED) is 0.244. The molecule has 5 aromatic rings. The van der Waals surface area contributed by atoms with Crippen LogP contribution in [0.4, 0.5) is 5.69 Å². The molecule has 4 heteroatoms. The molecule has 1 N–H and O–H groups in total. The van der Waals surface area contributed by atoms with Gasteiger partial charge in [0.05, 0.1) is 13.7 Å². The monoisotopic (exact) mass is 551 g/mol. The SMILES string of the molecule is CNc1ccc(C2(c3ccc(OC)cc3)C=Cc3c4c(c5cc6c(cc5c3O2)OCC6)-c2ccccc2CC4)cc1C. The Kier molecular flexibility index (Phi) is 5.62. The van der Waals surface area contributed by atoms with Gasteiger partial charge in [-0.3, -0.25) is 0 Å². The van der Waals surface area contributed by atoms with Crippen LogP contribution in [-0.4, -0.2) is 20.8 Å². The lowest BCUT2D eigenvalue weighted by Gasteiger charge is -2.38. The second kappa shape index (κ2) is 9.42. The average Bonchev–Trinajstić information content (AvgIpc) is 3.51. The molecule has 0 fully saturated rings. The van der Waals surface area contributed by atoms with Crippen molar-refractivity contribution in [2.24, 2.45) is 0 Å². The summed E-state index contributed by atoms with van der Waals surface area (Å²) in [5.41, 5.74) is 11.5. The summed E-state index contributed by atoms with van der Waals surface area (Å²) >= 11 is 0. The number of hydrogen-bond donors (Lipinski definition) is 1. The lowest BCUT2D eigenvalue weighted by Crippen LogP contribution is -2.35. The van der Waals surface area contributed by atoms with Crippen molar-refractivity contribution in [1.82, 2.24) is 0 Å². The van der Waals surface area contributed by atoms with E-state index in [1.165, 1.54) is 44.3 Å². The van der Waals surface area contributed by atoms with Crippen molar-refractivity contribution in [3.8, 4) is 28.4 Å². The summed E-state index contributed by atoms with van der Waals surface area (Å²) in [7, 11) is 3.66. The standard InChI is InChI=1S/C38H33NO3/c1-23-20-27(11-15-34(23)39-2)38(26-9-12-28(40-3)13-10-26)18-16-31-30-14-8-24-6-4-5-7-29(24)36(30)32-21-25-17-19-41-35(25)22-33(32)37(31)42-38/h4-7,9-13,15-16,18,20-22,39H,8,14,17,19H2,1-3H3. The van der Waals surface area contributed by atoms with Crippen molar-refractivity contribution in [2.45, 2.75) is 31.8 Å². The smallest absolute Gasteiger partial charge is 0.178 e. The maximum absolute atomic E-state index is 7.42. The van der Waals surface area contributed by atoms with Gasteiger partial charge in [-0.2, -0.15) is 0 Å². The fourth-order valence-electron chi connectivity index (χ4n) is 7.18. The predicted molar refractivity (Wildman–Crippen MR) is 170 cm³/mol. The zero-order valence-corrected chi connectivity index (χ0v) is 24.2. The number of benzene rings is 5. The number of methoxy groups -OCH3 is 1. The Morgan fingerprint density at radius 3 is 2.48 bits per heavy atom. The molecule has 2 heterocycles. The highest BCUT2D eigenvalue weighted by atomic mass is 16.5. The van der Waals surface area contributed by atoms with Crippen LogP contribution in [0.15, 0.2) is 84.9 Å². The minimum Gasteiger partial charge on any atom is -0.497 e. The minimum atomic E-state index is -0.816. The first-order chi connectivity index (χ1) is 20.6. The van der Waals surface area contributed by atoms with E-state index in [4.69, 9.17) is 14.2 Å². The molecule has 8 rings (SSSR count). The molecule has 5 aromatic carbocycles. The molecule has 1 unspecified atom stereocenters. The van der Waals surface area contributed by atoms with Gasteiger partial charge in [-0.05, 0) is 101 Å². The van der Waals surface area contributed by atoms with Gasteiger partial charge >= 0.3 is 0 Å². The third-order valence-corrected chi connectivity index (χ3v) is 9.34.